The maximum absolute atomic E-state index is 12.7. The molecule has 1 fully saturated rings. The highest BCUT2D eigenvalue weighted by atomic mass is 35.5. The number of methoxy groups -OCH3 is 1. The smallest absolute Gasteiger partial charge is 0.341 e. The van der Waals surface area contributed by atoms with Gasteiger partial charge in [0.2, 0.25) is 5.09 Å². The van der Waals surface area contributed by atoms with Crippen molar-refractivity contribution in [2.45, 2.75) is 37.9 Å². The van der Waals surface area contributed by atoms with Crippen molar-refractivity contribution in [2.24, 2.45) is 0 Å². The van der Waals surface area contributed by atoms with E-state index in [1.165, 1.54) is 24.4 Å². The first-order valence-electron chi connectivity index (χ1n) is 6.73. The summed E-state index contributed by atoms with van der Waals surface area (Å²) >= 11 is 0. The number of piperazine rings is 1. The van der Waals surface area contributed by atoms with E-state index in [9.17, 15) is 13.2 Å². The average Bonchev–Trinajstić information content (AvgIpc) is 2.83. The molecule has 2 heterocycles. The number of nitrogens with zero attached hydrogens (tertiary/aromatic N) is 1. The number of halogens is 1. The number of sulfonamides is 1. The summed E-state index contributed by atoms with van der Waals surface area (Å²) in [6.45, 7) is 6.25. The fraction of sp³-hybridized carbons (Fsp3) is 0.615. The molecule has 9 heteroatoms. The molecule has 1 aromatic rings. The van der Waals surface area contributed by atoms with E-state index in [2.05, 4.69) is 10.1 Å². The van der Waals surface area contributed by atoms with E-state index in [-0.39, 0.29) is 40.9 Å². The summed E-state index contributed by atoms with van der Waals surface area (Å²) in [6.07, 6.45) is 0. The van der Waals surface area contributed by atoms with Gasteiger partial charge in [-0.15, -0.1) is 12.4 Å². The number of esters is 1. The number of carbonyl (C=O) groups excluding carboxylic acids is 1. The number of ether oxygens (including phenoxy) is 1. The molecule has 22 heavy (non-hydrogen) atoms. The van der Waals surface area contributed by atoms with Crippen LogP contribution in [0.5, 0.6) is 0 Å². The van der Waals surface area contributed by atoms with Gasteiger partial charge in [-0.3, -0.25) is 0 Å². The molecule has 2 unspecified atom stereocenters. The maximum Gasteiger partial charge on any atom is 0.341 e. The van der Waals surface area contributed by atoms with Gasteiger partial charge in [0.1, 0.15) is 11.3 Å². The Morgan fingerprint density at radius 2 is 2.09 bits per heavy atom. The van der Waals surface area contributed by atoms with Gasteiger partial charge in [-0.1, -0.05) is 0 Å². The first kappa shape index (κ1) is 19.0. The molecule has 0 aromatic carbocycles. The summed E-state index contributed by atoms with van der Waals surface area (Å²) in [5, 5.41) is 3.00. The van der Waals surface area contributed by atoms with Crippen molar-refractivity contribution in [3.8, 4) is 0 Å². The molecular weight excluding hydrogens is 332 g/mol. The fourth-order valence-corrected chi connectivity index (χ4v) is 4.06. The van der Waals surface area contributed by atoms with Crippen LogP contribution in [0.4, 0.5) is 0 Å². The van der Waals surface area contributed by atoms with Crippen LogP contribution in [0.25, 0.3) is 0 Å². The summed E-state index contributed by atoms with van der Waals surface area (Å²) < 4.78 is 36.6. The Hall–Kier alpha value is -1.09. The number of rotatable bonds is 3. The molecule has 7 nitrogen and oxygen atoms in total. The second kappa shape index (κ2) is 6.99. The van der Waals surface area contributed by atoms with Gasteiger partial charge in [0, 0.05) is 31.2 Å². The van der Waals surface area contributed by atoms with E-state index in [0.29, 0.717) is 13.1 Å². The molecule has 2 rings (SSSR count). The third-order valence-electron chi connectivity index (χ3n) is 3.84. The first-order chi connectivity index (χ1) is 9.78. The van der Waals surface area contributed by atoms with Crippen LogP contribution in [-0.2, 0) is 14.8 Å². The van der Waals surface area contributed by atoms with Gasteiger partial charge in [-0.25, -0.2) is 13.2 Å². The van der Waals surface area contributed by atoms with E-state index in [1.807, 2.05) is 13.8 Å². The van der Waals surface area contributed by atoms with Crippen molar-refractivity contribution in [3.63, 3.8) is 0 Å². The Bertz CT molecular complexity index is 643. The largest absolute Gasteiger partial charge is 0.465 e. The van der Waals surface area contributed by atoms with Crippen LogP contribution in [0.1, 0.15) is 30.0 Å². The number of furan rings is 1. The molecule has 126 valence electrons. The van der Waals surface area contributed by atoms with Crippen LogP contribution >= 0.6 is 12.4 Å². The SMILES string of the molecule is COC(=O)c1cc(S(=O)(=O)N2CCNC(C)C2C)oc1C.Cl. The molecule has 0 spiro atoms. The zero-order chi connectivity index (χ0) is 15.8. The van der Waals surface area contributed by atoms with Crippen LogP contribution in [0.2, 0.25) is 0 Å². The number of nitrogens with one attached hydrogen (secondary N) is 1. The lowest BCUT2D eigenvalue weighted by molar-refractivity contribution is 0.0598. The van der Waals surface area contributed by atoms with E-state index >= 15 is 0 Å². The van der Waals surface area contributed by atoms with Gasteiger partial charge in [-0.2, -0.15) is 4.31 Å². The van der Waals surface area contributed by atoms with E-state index in [1.54, 1.807) is 0 Å². The summed E-state index contributed by atoms with van der Waals surface area (Å²) in [4.78, 5) is 11.6. The van der Waals surface area contributed by atoms with E-state index < -0.39 is 16.0 Å². The van der Waals surface area contributed by atoms with Gasteiger partial charge in [0.15, 0.2) is 0 Å². The third kappa shape index (κ3) is 3.29. The minimum absolute atomic E-state index is 0. The fourth-order valence-electron chi connectivity index (χ4n) is 2.38. The molecule has 0 aliphatic carbocycles. The molecule has 1 aromatic heterocycles. The van der Waals surface area contributed by atoms with Crippen LogP contribution in [0.3, 0.4) is 0 Å². The number of hydrogen-bond acceptors (Lipinski definition) is 6. The zero-order valence-electron chi connectivity index (χ0n) is 13.0. The topological polar surface area (TPSA) is 88.9 Å². The van der Waals surface area contributed by atoms with Gasteiger partial charge in [-0.05, 0) is 20.8 Å². The lowest BCUT2D eigenvalue weighted by Gasteiger charge is -2.36. The lowest BCUT2D eigenvalue weighted by atomic mass is 10.1. The summed E-state index contributed by atoms with van der Waals surface area (Å²) in [6, 6.07) is 1.08. The molecule has 1 aliphatic heterocycles. The Balaban J connectivity index is 0.00000242. The molecule has 0 bridgehead atoms. The summed E-state index contributed by atoms with van der Waals surface area (Å²) in [7, 11) is -2.53. The normalized spacial score (nSPS) is 22.9. The Morgan fingerprint density at radius 3 is 2.68 bits per heavy atom. The Labute approximate surface area is 136 Å². The minimum Gasteiger partial charge on any atom is -0.465 e. The minimum atomic E-state index is -3.77. The van der Waals surface area contributed by atoms with Crippen LogP contribution in [0, 0.1) is 6.92 Å². The molecule has 2 atom stereocenters. The molecular formula is C13H21ClN2O5S. The second-order valence-electron chi connectivity index (χ2n) is 5.13. The van der Waals surface area contributed by atoms with Crippen molar-refractivity contribution in [3.05, 3.63) is 17.4 Å². The third-order valence-corrected chi connectivity index (χ3v) is 5.68. The van der Waals surface area contributed by atoms with E-state index in [4.69, 9.17) is 4.42 Å². The standard InChI is InChI=1S/C13H20N2O5S.ClH/c1-8-9(2)15(6-5-14-8)21(17,18)12-7-11(10(3)20-12)13(16)19-4;/h7-9,14H,5-6H2,1-4H3;1H. The average molecular weight is 353 g/mol. The van der Waals surface area contributed by atoms with Gasteiger partial charge in [0.05, 0.1) is 7.11 Å². The van der Waals surface area contributed by atoms with Crippen LogP contribution in [-0.4, -0.2) is 51.0 Å². The van der Waals surface area contributed by atoms with Crippen molar-refractivity contribution in [1.29, 1.82) is 0 Å². The molecule has 1 N–H and O–H groups in total. The monoisotopic (exact) mass is 352 g/mol. The first-order valence-corrected chi connectivity index (χ1v) is 8.17. The predicted octanol–water partition coefficient (Wildman–Crippen LogP) is 1.17. The summed E-state index contributed by atoms with van der Waals surface area (Å²) in [5.41, 5.74) is 0.131. The molecule has 0 amide bonds. The van der Waals surface area contributed by atoms with Crippen molar-refractivity contribution < 1.29 is 22.4 Å². The van der Waals surface area contributed by atoms with Crippen molar-refractivity contribution >= 4 is 28.4 Å². The number of carbonyl (C=O) groups is 1. The van der Waals surface area contributed by atoms with Crippen molar-refractivity contribution in [1.82, 2.24) is 9.62 Å². The highest BCUT2D eigenvalue weighted by Gasteiger charge is 2.37. The van der Waals surface area contributed by atoms with Gasteiger partial charge in [0.25, 0.3) is 10.0 Å². The Kier molecular flexibility index (Phi) is 6.03. The summed E-state index contributed by atoms with van der Waals surface area (Å²) in [5.74, 6) is -0.379. The number of aryl methyl sites for hydroxylation is 1. The molecule has 1 aliphatic rings. The lowest BCUT2D eigenvalue weighted by Crippen LogP contribution is -2.56. The van der Waals surface area contributed by atoms with E-state index in [0.717, 1.165) is 0 Å². The zero-order valence-corrected chi connectivity index (χ0v) is 14.6. The number of hydrogen-bond donors (Lipinski definition) is 1. The highest BCUT2D eigenvalue weighted by Crippen LogP contribution is 2.26. The van der Waals surface area contributed by atoms with Crippen molar-refractivity contribution in [2.75, 3.05) is 20.2 Å². The van der Waals surface area contributed by atoms with Gasteiger partial charge >= 0.3 is 5.97 Å². The maximum atomic E-state index is 12.7. The highest BCUT2D eigenvalue weighted by molar-refractivity contribution is 7.89. The molecule has 0 saturated carbocycles. The molecule has 0 radical (unpaired) electrons. The van der Waals surface area contributed by atoms with Crippen LogP contribution < -0.4 is 5.32 Å². The quantitative estimate of drug-likeness (QED) is 0.821. The Morgan fingerprint density at radius 1 is 1.45 bits per heavy atom. The second-order valence-corrected chi connectivity index (χ2v) is 6.95. The van der Waals surface area contributed by atoms with Gasteiger partial charge < -0.3 is 14.5 Å². The van der Waals surface area contributed by atoms with Crippen LogP contribution in [0.15, 0.2) is 15.6 Å². The predicted molar refractivity (Wildman–Crippen MR) is 82.9 cm³/mol. The molecule has 1 saturated heterocycles.